The van der Waals surface area contributed by atoms with Gasteiger partial charge in [-0.1, -0.05) is 18.2 Å². The van der Waals surface area contributed by atoms with E-state index in [0.29, 0.717) is 35.8 Å². The number of aliphatic hydroxyl groups is 1. The molecule has 3 heterocycles. The predicted molar refractivity (Wildman–Crippen MR) is 118 cm³/mol. The molecule has 8 nitrogen and oxygen atoms in total. The molecule has 0 spiro atoms. The van der Waals surface area contributed by atoms with Crippen molar-refractivity contribution in [1.29, 1.82) is 0 Å². The van der Waals surface area contributed by atoms with Crippen molar-refractivity contribution < 1.29 is 29.3 Å². The Kier molecular flexibility index (Phi) is 5.18. The molecule has 33 heavy (non-hydrogen) atoms. The summed E-state index contributed by atoms with van der Waals surface area (Å²) < 4.78 is 11.1. The van der Waals surface area contributed by atoms with Gasteiger partial charge in [-0.25, -0.2) is 0 Å². The predicted octanol–water partition coefficient (Wildman–Crippen LogP) is 3.18. The fourth-order valence-corrected chi connectivity index (χ4v) is 4.12. The van der Waals surface area contributed by atoms with Gasteiger partial charge in [-0.05, 0) is 47.5 Å². The van der Waals surface area contributed by atoms with Crippen LogP contribution >= 0.6 is 0 Å². The average molecular weight is 444 g/mol. The Hall–Kier alpha value is -4.33. The third-order valence-corrected chi connectivity index (χ3v) is 5.62. The van der Waals surface area contributed by atoms with Gasteiger partial charge < -0.3 is 24.6 Å². The van der Waals surface area contributed by atoms with E-state index in [4.69, 9.17) is 9.47 Å². The normalized spacial score (nSPS) is 19.0. The number of amides is 1. The van der Waals surface area contributed by atoms with Crippen LogP contribution in [0.15, 0.2) is 72.6 Å². The van der Waals surface area contributed by atoms with Gasteiger partial charge in [0.05, 0.1) is 11.6 Å². The first kappa shape index (κ1) is 20.6. The van der Waals surface area contributed by atoms with Crippen LogP contribution in [0.4, 0.5) is 0 Å². The molecule has 2 N–H and O–H groups in total. The van der Waals surface area contributed by atoms with E-state index in [0.717, 1.165) is 5.56 Å². The number of aromatic hydroxyl groups is 1. The van der Waals surface area contributed by atoms with Gasteiger partial charge >= 0.3 is 0 Å². The molecule has 1 fully saturated rings. The van der Waals surface area contributed by atoms with Crippen LogP contribution in [-0.4, -0.2) is 45.0 Å². The first-order valence-electron chi connectivity index (χ1n) is 10.4. The number of hydrogen-bond donors (Lipinski definition) is 2. The third kappa shape index (κ3) is 3.76. The van der Waals surface area contributed by atoms with Crippen molar-refractivity contribution >= 4 is 17.4 Å². The van der Waals surface area contributed by atoms with Crippen molar-refractivity contribution in [3.8, 4) is 17.2 Å². The van der Waals surface area contributed by atoms with Crippen LogP contribution in [0.5, 0.6) is 17.2 Å². The summed E-state index contributed by atoms with van der Waals surface area (Å²) in [6.07, 6.45) is 3.23. The first-order chi connectivity index (χ1) is 16.0. The molecule has 0 bridgehead atoms. The zero-order valence-electron chi connectivity index (χ0n) is 17.5. The SMILES string of the molecule is O=C1C(=O)N(Cc2cccnc2)[C@H](c2cccc(O)c2)/C1=C(\O)c1ccc2c(c1)OCCO2. The lowest BCUT2D eigenvalue weighted by atomic mass is 9.95. The van der Waals surface area contributed by atoms with Gasteiger partial charge in [-0.15, -0.1) is 0 Å². The number of pyridine rings is 1. The maximum Gasteiger partial charge on any atom is 0.295 e. The number of aromatic nitrogens is 1. The van der Waals surface area contributed by atoms with E-state index in [2.05, 4.69) is 4.98 Å². The zero-order valence-corrected chi connectivity index (χ0v) is 17.5. The number of ketones is 1. The molecular formula is C25H20N2O6. The number of ether oxygens (including phenoxy) is 2. The molecule has 1 saturated heterocycles. The Morgan fingerprint density at radius 3 is 2.61 bits per heavy atom. The van der Waals surface area contributed by atoms with Gasteiger partial charge in [-0.2, -0.15) is 0 Å². The fourth-order valence-electron chi connectivity index (χ4n) is 4.12. The third-order valence-electron chi connectivity index (χ3n) is 5.62. The second-order valence-electron chi connectivity index (χ2n) is 7.74. The topological polar surface area (TPSA) is 109 Å². The number of carbonyl (C=O) groups is 2. The summed E-state index contributed by atoms with van der Waals surface area (Å²) >= 11 is 0. The van der Waals surface area contributed by atoms with Crippen LogP contribution in [0.2, 0.25) is 0 Å². The standard InChI is InChI=1S/C25H20N2O6/c28-18-5-1-4-16(11-18)22-21(23(29)17-6-7-19-20(12-17)33-10-9-32-19)24(30)25(31)27(22)14-15-3-2-8-26-13-15/h1-8,11-13,22,28-29H,9-10,14H2/b23-21+/t22-/m1/s1. The summed E-state index contributed by atoms with van der Waals surface area (Å²) in [6, 6.07) is 13.8. The highest BCUT2D eigenvalue weighted by Gasteiger charge is 2.46. The summed E-state index contributed by atoms with van der Waals surface area (Å²) in [6.45, 7) is 0.905. The molecule has 1 aromatic heterocycles. The highest BCUT2D eigenvalue weighted by atomic mass is 16.6. The summed E-state index contributed by atoms with van der Waals surface area (Å²) in [5.74, 6) is -0.903. The lowest BCUT2D eigenvalue weighted by molar-refractivity contribution is -0.140. The molecule has 5 rings (SSSR count). The molecule has 166 valence electrons. The van der Waals surface area contributed by atoms with Gasteiger partial charge in [-0.3, -0.25) is 14.6 Å². The number of Topliss-reactive ketones (excluding diaryl/α,β-unsaturated/α-hetero) is 1. The Balaban J connectivity index is 1.64. The van der Waals surface area contributed by atoms with Gasteiger partial charge in [0, 0.05) is 24.5 Å². The van der Waals surface area contributed by atoms with Gasteiger partial charge in [0.25, 0.3) is 11.7 Å². The molecule has 2 aliphatic heterocycles. The van der Waals surface area contributed by atoms with Crippen LogP contribution in [0.1, 0.15) is 22.7 Å². The number of fused-ring (bicyclic) bond motifs is 1. The Labute approximate surface area is 189 Å². The molecule has 3 aromatic rings. The molecule has 0 unspecified atom stereocenters. The molecule has 2 aromatic carbocycles. The second kappa shape index (κ2) is 8.31. The molecular weight excluding hydrogens is 424 g/mol. The highest BCUT2D eigenvalue weighted by Crippen LogP contribution is 2.42. The maximum absolute atomic E-state index is 13.1. The highest BCUT2D eigenvalue weighted by molar-refractivity contribution is 6.46. The number of benzene rings is 2. The number of rotatable bonds is 4. The van der Waals surface area contributed by atoms with Crippen molar-refractivity contribution in [3.05, 3.63) is 89.3 Å². The smallest absolute Gasteiger partial charge is 0.295 e. The second-order valence-corrected chi connectivity index (χ2v) is 7.74. The van der Waals surface area contributed by atoms with E-state index in [-0.39, 0.29) is 23.6 Å². The van der Waals surface area contributed by atoms with Crippen LogP contribution in [0.3, 0.4) is 0 Å². The van der Waals surface area contributed by atoms with E-state index in [9.17, 15) is 19.8 Å². The number of nitrogens with zero attached hydrogens (tertiary/aromatic N) is 2. The van der Waals surface area contributed by atoms with Gasteiger partial charge in [0.2, 0.25) is 0 Å². The van der Waals surface area contributed by atoms with Crippen LogP contribution < -0.4 is 9.47 Å². The minimum absolute atomic E-state index is 0.0150. The van der Waals surface area contributed by atoms with E-state index >= 15 is 0 Å². The Bertz CT molecular complexity index is 1270. The molecule has 2 aliphatic rings. The zero-order chi connectivity index (χ0) is 22.9. The maximum atomic E-state index is 13.1. The number of phenols is 1. The van der Waals surface area contributed by atoms with Crippen molar-refractivity contribution in [2.75, 3.05) is 13.2 Å². The molecule has 0 radical (unpaired) electrons. The number of hydrogen-bond acceptors (Lipinski definition) is 7. The lowest BCUT2D eigenvalue weighted by Crippen LogP contribution is -2.29. The molecule has 1 atom stereocenters. The van der Waals surface area contributed by atoms with Crippen LogP contribution in [-0.2, 0) is 16.1 Å². The van der Waals surface area contributed by atoms with E-state index < -0.39 is 17.7 Å². The summed E-state index contributed by atoms with van der Waals surface area (Å²) in [5, 5.41) is 21.3. The average Bonchev–Trinajstić information content (AvgIpc) is 3.09. The number of carbonyl (C=O) groups excluding carboxylic acids is 2. The lowest BCUT2D eigenvalue weighted by Gasteiger charge is -2.25. The van der Waals surface area contributed by atoms with Crippen LogP contribution in [0, 0.1) is 0 Å². The van der Waals surface area contributed by atoms with Gasteiger partial charge in [0.1, 0.15) is 24.7 Å². The Morgan fingerprint density at radius 1 is 1.03 bits per heavy atom. The number of likely N-dealkylation sites (tertiary alicyclic amines) is 1. The van der Waals surface area contributed by atoms with Crippen molar-refractivity contribution in [2.45, 2.75) is 12.6 Å². The number of aliphatic hydroxyl groups excluding tert-OH is 1. The van der Waals surface area contributed by atoms with E-state index in [1.54, 1.807) is 54.9 Å². The van der Waals surface area contributed by atoms with Crippen molar-refractivity contribution in [2.24, 2.45) is 0 Å². The quantitative estimate of drug-likeness (QED) is 0.361. The molecule has 0 aliphatic carbocycles. The largest absolute Gasteiger partial charge is 0.508 e. The minimum Gasteiger partial charge on any atom is -0.508 e. The number of phenolic OH excluding ortho intramolecular Hbond substituents is 1. The van der Waals surface area contributed by atoms with E-state index in [1.165, 1.54) is 17.0 Å². The first-order valence-corrected chi connectivity index (χ1v) is 10.4. The molecule has 1 amide bonds. The summed E-state index contributed by atoms with van der Waals surface area (Å²) in [7, 11) is 0. The van der Waals surface area contributed by atoms with Crippen LogP contribution in [0.25, 0.3) is 5.76 Å². The van der Waals surface area contributed by atoms with Gasteiger partial charge in [0.15, 0.2) is 11.5 Å². The van der Waals surface area contributed by atoms with E-state index in [1.807, 2.05) is 0 Å². The van der Waals surface area contributed by atoms with Crippen molar-refractivity contribution in [1.82, 2.24) is 9.88 Å². The summed E-state index contributed by atoms with van der Waals surface area (Å²) in [5.41, 5.74) is 1.48. The fraction of sp³-hybridized carbons (Fsp3) is 0.160. The molecule has 8 heteroatoms. The van der Waals surface area contributed by atoms with Crippen molar-refractivity contribution in [3.63, 3.8) is 0 Å². The molecule has 0 saturated carbocycles. The Morgan fingerprint density at radius 2 is 1.85 bits per heavy atom. The summed E-state index contributed by atoms with van der Waals surface area (Å²) in [4.78, 5) is 31.6. The minimum atomic E-state index is -0.898. The monoisotopic (exact) mass is 444 g/mol.